The second kappa shape index (κ2) is 10.7. The minimum atomic E-state index is -1.43. The van der Waals surface area contributed by atoms with Crippen molar-refractivity contribution in [3.63, 3.8) is 0 Å². The number of fused-ring (bicyclic) bond motifs is 1. The van der Waals surface area contributed by atoms with E-state index in [1.165, 1.54) is 0 Å². The van der Waals surface area contributed by atoms with Crippen LogP contribution in [-0.2, 0) is 28.8 Å². The third-order valence-electron chi connectivity index (χ3n) is 9.02. The maximum absolute atomic E-state index is 16.2. The van der Waals surface area contributed by atoms with E-state index >= 15 is 4.39 Å². The summed E-state index contributed by atoms with van der Waals surface area (Å²) < 4.78 is 17.9. The molecule has 9 nitrogen and oxygen atoms in total. The predicted octanol–water partition coefficient (Wildman–Crippen LogP) is 4.29. The van der Waals surface area contributed by atoms with E-state index in [2.05, 4.69) is 26.4 Å². The van der Waals surface area contributed by atoms with Gasteiger partial charge in [-0.25, -0.2) is 4.39 Å². The second-order valence-corrected chi connectivity index (χ2v) is 12.3. The van der Waals surface area contributed by atoms with Crippen molar-refractivity contribution in [2.24, 2.45) is 12.5 Å². The van der Waals surface area contributed by atoms with E-state index in [9.17, 15) is 20.0 Å². The maximum Gasteiger partial charge on any atom is 0.234 e. The summed E-state index contributed by atoms with van der Waals surface area (Å²) in [6.45, 7) is 5.66. The van der Waals surface area contributed by atoms with Crippen molar-refractivity contribution in [1.82, 2.24) is 25.0 Å². The Balaban J connectivity index is 1.22. The lowest BCUT2D eigenvalue weighted by Gasteiger charge is -2.50. The SMILES string of the molecule is Cn1cc(C#N)c(-c2ccc(CN3CC[C@](O)(c4ccc5ncc([C@@H]6CCC(=O)NC6=O)cc5c4F)C(C)(C)C3)cc2)n1. The molecular weight excluding hydrogens is 547 g/mol. The summed E-state index contributed by atoms with van der Waals surface area (Å²) in [5.41, 5.74) is 2.22. The number of pyridine rings is 1. The van der Waals surface area contributed by atoms with Gasteiger partial charge in [-0.15, -0.1) is 0 Å². The number of piperidine rings is 2. The number of hydrogen-bond donors (Lipinski definition) is 2. The van der Waals surface area contributed by atoms with Crippen molar-refractivity contribution < 1.29 is 19.1 Å². The molecule has 0 unspecified atom stereocenters. The smallest absolute Gasteiger partial charge is 0.234 e. The number of nitrogens with one attached hydrogen (secondary N) is 1. The van der Waals surface area contributed by atoms with E-state index in [-0.39, 0.29) is 23.3 Å². The van der Waals surface area contributed by atoms with Crippen LogP contribution in [0.15, 0.2) is 54.9 Å². The van der Waals surface area contributed by atoms with Crippen LogP contribution in [0.25, 0.3) is 22.2 Å². The fraction of sp³-hybridized carbons (Fsp3) is 0.364. The van der Waals surface area contributed by atoms with Gasteiger partial charge >= 0.3 is 0 Å². The lowest BCUT2D eigenvalue weighted by molar-refractivity contribution is -0.134. The van der Waals surface area contributed by atoms with Crippen LogP contribution in [0.5, 0.6) is 0 Å². The number of rotatable bonds is 5. The number of nitrogens with zero attached hydrogens (tertiary/aromatic N) is 5. The van der Waals surface area contributed by atoms with Gasteiger partial charge in [0.25, 0.3) is 0 Å². The molecular formula is C33H33FN6O3. The van der Waals surface area contributed by atoms with Gasteiger partial charge in [0, 0.05) is 67.4 Å². The van der Waals surface area contributed by atoms with Gasteiger partial charge in [0.1, 0.15) is 17.6 Å². The van der Waals surface area contributed by atoms with Gasteiger partial charge in [-0.2, -0.15) is 10.4 Å². The van der Waals surface area contributed by atoms with E-state index in [0.29, 0.717) is 54.8 Å². The molecule has 0 saturated carbocycles. The number of imide groups is 1. The van der Waals surface area contributed by atoms with Gasteiger partial charge < -0.3 is 5.11 Å². The molecule has 2 amide bonds. The molecule has 4 heterocycles. The predicted molar refractivity (Wildman–Crippen MR) is 158 cm³/mol. The first-order valence-electron chi connectivity index (χ1n) is 14.4. The lowest BCUT2D eigenvalue weighted by Crippen LogP contribution is -2.55. The van der Waals surface area contributed by atoms with E-state index in [4.69, 9.17) is 0 Å². The zero-order valence-corrected chi connectivity index (χ0v) is 24.4. The molecule has 6 rings (SSSR count). The number of nitriles is 1. The van der Waals surface area contributed by atoms with E-state index in [1.807, 2.05) is 38.1 Å². The molecule has 2 aliphatic heterocycles. The van der Waals surface area contributed by atoms with E-state index in [0.717, 1.165) is 11.1 Å². The van der Waals surface area contributed by atoms with Gasteiger partial charge in [0.2, 0.25) is 11.8 Å². The summed E-state index contributed by atoms with van der Waals surface area (Å²) in [7, 11) is 1.79. The van der Waals surface area contributed by atoms with Crippen LogP contribution in [0, 0.1) is 22.6 Å². The van der Waals surface area contributed by atoms with Crippen LogP contribution in [0.2, 0.25) is 0 Å². The quantitative estimate of drug-likeness (QED) is 0.338. The molecule has 0 aliphatic carbocycles. The van der Waals surface area contributed by atoms with Crippen molar-refractivity contribution in [3.8, 4) is 17.3 Å². The molecule has 2 aromatic heterocycles. The largest absolute Gasteiger partial charge is 0.384 e. The van der Waals surface area contributed by atoms with Crippen molar-refractivity contribution in [2.45, 2.75) is 51.2 Å². The molecule has 2 fully saturated rings. The summed E-state index contributed by atoms with van der Waals surface area (Å²) in [5, 5.41) is 28.5. The van der Waals surface area contributed by atoms with Crippen LogP contribution in [0.1, 0.15) is 61.3 Å². The monoisotopic (exact) mass is 580 g/mol. The van der Waals surface area contributed by atoms with Gasteiger partial charge in [-0.1, -0.05) is 44.2 Å². The highest BCUT2D eigenvalue weighted by molar-refractivity contribution is 6.01. The number of benzene rings is 2. The Morgan fingerprint density at radius 1 is 1.19 bits per heavy atom. The fourth-order valence-electron chi connectivity index (χ4n) is 6.57. The number of aliphatic hydroxyl groups is 1. The molecule has 2 saturated heterocycles. The highest BCUT2D eigenvalue weighted by atomic mass is 19.1. The van der Waals surface area contributed by atoms with Gasteiger partial charge in [-0.3, -0.25) is 29.5 Å². The molecule has 220 valence electrons. The number of amides is 2. The zero-order chi connectivity index (χ0) is 30.5. The van der Waals surface area contributed by atoms with E-state index in [1.54, 1.807) is 42.3 Å². The Hall–Kier alpha value is -4.46. The molecule has 2 aliphatic rings. The molecule has 43 heavy (non-hydrogen) atoms. The standard InChI is InChI=1S/C33H33FN6O3/c1-32(2)19-40(17-20-4-6-21(7-5-20)30-23(15-35)18-39(3)38-30)13-12-33(32,43)26-9-10-27-25(29(26)34)14-22(16-36-27)24-8-11-28(41)37-31(24)42/h4-7,9-10,14,16,18,24,43H,8,11-13,17,19H2,1-3H3,(H,37,41,42)/t24-,33-/m0/s1. The number of carbonyl (C=O) groups excluding carboxylic acids is 2. The number of hydrogen-bond acceptors (Lipinski definition) is 7. The molecule has 0 bridgehead atoms. The van der Waals surface area contributed by atoms with E-state index < -0.39 is 28.7 Å². The molecule has 0 radical (unpaired) electrons. The molecule has 2 atom stereocenters. The van der Waals surface area contributed by atoms with Gasteiger partial charge in [0.15, 0.2) is 0 Å². The van der Waals surface area contributed by atoms with Crippen LogP contribution in [-0.4, -0.2) is 49.7 Å². The minimum Gasteiger partial charge on any atom is -0.384 e. The average Bonchev–Trinajstić information content (AvgIpc) is 3.36. The first-order chi connectivity index (χ1) is 20.5. The Labute approximate surface area is 249 Å². The van der Waals surface area contributed by atoms with Crippen molar-refractivity contribution in [3.05, 3.63) is 82.9 Å². The second-order valence-electron chi connectivity index (χ2n) is 12.3. The first kappa shape index (κ1) is 28.6. The molecule has 0 spiro atoms. The van der Waals surface area contributed by atoms with Crippen LogP contribution < -0.4 is 5.32 Å². The van der Waals surface area contributed by atoms with Crippen molar-refractivity contribution >= 4 is 22.7 Å². The van der Waals surface area contributed by atoms with Gasteiger partial charge in [0.05, 0.1) is 22.6 Å². The van der Waals surface area contributed by atoms with Crippen LogP contribution >= 0.6 is 0 Å². The normalized spacial score (nSPS) is 22.4. The van der Waals surface area contributed by atoms with Crippen LogP contribution in [0.4, 0.5) is 4.39 Å². The fourth-order valence-corrected chi connectivity index (χ4v) is 6.57. The molecule has 10 heteroatoms. The number of likely N-dealkylation sites (tertiary alicyclic amines) is 1. The number of carbonyl (C=O) groups is 2. The maximum atomic E-state index is 16.2. The Bertz CT molecular complexity index is 1790. The number of aromatic nitrogens is 3. The topological polar surface area (TPSA) is 124 Å². The number of halogens is 1. The third kappa shape index (κ3) is 5.09. The highest BCUT2D eigenvalue weighted by Crippen LogP contribution is 2.48. The van der Waals surface area contributed by atoms with Crippen LogP contribution in [0.3, 0.4) is 0 Å². The average molecular weight is 581 g/mol. The molecule has 4 aromatic rings. The lowest BCUT2D eigenvalue weighted by atomic mass is 9.66. The zero-order valence-electron chi connectivity index (χ0n) is 24.4. The summed E-state index contributed by atoms with van der Waals surface area (Å²) in [4.78, 5) is 30.7. The minimum absolute atomic E-state index is 0.220. The Kier molecular flexibility index (Phi) is 7.11. The first-order valence-corrected chi connectivity index (χ1v) is 14.4. The highest BCUT2D eigenvalue weighted by Gasteiger charge is 2.50. The third-order valence-corrected chi connectivity index (χ3v) is 9.02. The Morgan fingerprint density at radius 2 is 1.95 bits per heavy atom. The summed E-state index contributed by atoms with van der Waals surface area (Å²) in [6.07, 6.45) is 4.16. The van der Waals surface area contributed by atoms with Gasteiger partial charge in [-0.05, 0) is 36.1 Å². The van der Waals surface area contributed by atoms with Crippen molar-refractivity contribution in [2.75, 3.05) is 13.1 Å². The molecule has 2 aromatic carbocycles. The van der Waals surface area contributed by atoms with Crippen molar-refractivity contribution in [1.29, 1.82) is 5.26 Å². The number of aryl methyl sites for hydroxylation is 1. The Morgan fingerprint density at radius 3 is 2.65 bits per heavy atom. The summed E-state index contributed by atoms with van der Waals surface area (Å²) in [6, 6.07) is 15.1. The summed E-state index contributed by atoms with van der Waals surface area (Å²) >= 11 is 0. The molecule has 2 N–H and O–H groups in total. The summed E-state index contributed by atoms with van der Waals surface area (Å²) in [5.74, 6) is -1.83.